The van der Waals surface area contributed by atoms with Crippen molar-refractivity contribution in [1.82, 2.24) is 14.8 Å². The third kappa shape index (κ3) is 3.93. The predicted octanol–water partition coefficient (Wildman–Crippen LogP) is 1.64. The summed E-state index contributed by atoms with van der Waals surface area (Å²) < 4.78 is 27.7. The molecule has 1 heterocycles. The molecule has 0 fully saturated rings. The first-order valence-electron chi connectivity index (χ1n) is 5.62. The summed E-state index contributed by atoms with van der Waals surface area (Å²) in [6, 6.07) is 6.99. The lowest BCUT2D eigenvalue weighted by Gasteiger charge is -2.09. The van der Waals surface area contributed by atoms with Gasteiger partial charge in [0.1, 0.15) is 12.7 Å². The molecule has 0 spiro atoms. The van der Waals surface area contributed by atoms with E-state index in [4.69, 9.17) is 11.6 Å². The van der Waals surface area contributed by atoms with Gasteiger partial charge in [-0.25, -0.2) is 8.42 Å². The molecule has 0 saturated heterocycles. The molecule has 0 amide bonds. The van der Waals surface area contributed by atoms with E-state index in [1.54, 1.807) is 35.4 Å². The smallest absolute Gasteiger partial charge is 0.232 e. The number of aromatic nitrogens is 3. The highest BCUT2D eigenvalue weighted by Gasteiger charge is 2.10. The van der Waals surface area contributed by atoms with E-state index >= 15 is 0 Å². The minimum absolute atomic E-state index is 0.00730. The van der Waals surface area contributed by atoms with Gasteiger partial charge in [0.25, 0.3) is 0 Å². The van der Waals surface area contributed by atoms with Crippen molar-refractivity contribution in [2.24, 2.45) is 0 Å². The molecule has 0 radical (unpaired) electrons. The van der Waals surface area contributed by atoms with E-state index in [0.717, 1.165) is 5.69 Å². The van der Waals surface area contributed by atoms with Gasteiger partial charge in [0.05, 0.1) is 17.1 Å². The van der Waals surface area contributed by atoms with Crippen LogP contribution in [0.2, 0.25) is 0 Å². The number of halogens is 1. The number of nitrogens with zero attached hydrogens (tertiary/aromatic N) is 3. The van der Waals surface area contributed by atoms with E-state index in [2.05, 4.69) is 14.9 Å². The summed E-state index contributed by atoms with van der Waals surface area (Å²) >= 11 is 5.49. The van der Waals surface area contributed by atoms with Crippen molar-refractivity contribution in [3.8, 4) is 5.69 Å². The average Bonchev–Trinajstić information content (AvgIpc) is 2.90. The minimum atomic E-state index is -3.36. The van der Waals surface area contributed by atoms with Crippen molar-refractivity contribution < 1.29 is 8.42 Å². The molecule has 102 valence electrons. The van der Waals surface area contributed by atoms with Crippen LogP contribution in [-0.4, -0.2) is 34.8 Å². The largest absolute Gasteiger partial charge is 0.288 e. The quantitative estimate of drug-likeness (QED) is 0.823. The van der Waals surface area contributed by atoms with Crippen LogP contribution in [0.3, 0.4) is 0 Å². The van der Waals surface area contributed by atoms with Crippen molar-refractivity contribution in [3.05, 3.63) is 36.9 Å². The van der Waals surface area contributed by atoms with Gasteiger partial charge in [-0.2, -0.15) is 0 Å². The number of sulfonamides is 1. The second kappa shape index (κ2) is 6.03. The molecule has 1 aromatic carbocycles. The lowest BCUT2D eigenvalue weighted by molar-refractivity contribution is 0.600. The molecule has 19 heavy (non-hydrogen) atoms. The average molecular weight is 301 g/mol. The van der Waals surface area contributed by atoms with E-state index < -0.39 is 10.0 Å². The summed E-state index contributed by atoms with van der Waals surface area (Å²) in [4.78, 5) is 0. The number of nitrogens with one attached hydrogen (secondary N) is 1. The zero-order chi connectivity index (χ0) is 13.7. The lowest BCUT2D eigenvalue weighted by Crippen LogP contribution is -2.17. The van der Waals surface area contributed by atoms with E-state index in [1.807, 2.05) is 6.07 Å². The number of anilines is 1. The molecule has 0 bridgehead atoms. The SMILES string of the molecule is O=S(=O)(CCCCl)Nc1cccc(-n2cnnc2)c1. The highest BCUT2D eigenvalue weighted by molar-refractivity contribution is 7.92. The van der Waals surface area contributed by atoms with Crippen LogP contribution in [0.25, 0.3) is 5.69 Å². The molecular formula is C11H13ClN4O2S. The monoisotopic (exact) mass is 300 g/mol. The standard InChI is InChI=1S/C11H13ClN4O2S/c12-5-2-6-19(17,18)15-10-3-1-4-11(7-10)16-8-13-14-9-16/h1,3-4,7-9,15H,2,5-6H2. The maximum atomic E-state index is 11.8. The van der Waals surface area contributed by atoms with Gasteiger partial charge in [0.2, 0.25) is 10.0 Å². The Balaban J connectivity index is 2.16. The molecular weight excluding hydrogens is 288 g/mol. The van der Waals surface area contributed by atoms with E-state index in [-0.39, 0.29) is 5.75 Å². The van der Waals surface area contributed by atoms with Crippen LogP contribution in [0.5, 0.6) is 0 Å². The number of hydrogen-bond acceptors (Lipinski definition) is 4. The van der Waals surface area contributed by atoms with Crippen LogP contribution in [-0.2, 0) is 10.0 Å². The maximum absolute atomic E-state index is 11.8. The first-order chi connectivity index (χ1) is 9.11. The number of benzene rings is 1. The Hall–Kier alpha value is -1.60. The minimum Gasteiger partial charge on any atom is -0.288 e. The highest BCUT2D eigenvalue weighted by Crippen LogP contribution is 2.15. The molecule has 0 aliphatic heterocycles. The summed E-state index contributed by atoms with van der Waals surface area (Å²) in [5.41, 5.74) is 1.28. The van der Waals surface area contributed by atoms with Gasteiger partial charge in [0, 0.05) is 5.88 Å². The first kappa shape index (κ1) is 13.8. The fourth-order valence-corrected chi connectivity index (χ4v) is 2.94. The molecule has 2 rings (SSSR count). The molecule has 1 aromatic heterocycles. The van der Waals surface area contributed by atoms with Crippen LogP contribution in [0.15, 0.2) is 36.9 Å². The van der Waals surface area contributed by atoms with Gasteiger partial charge >= 0.3 is 0 Å². The normalized spacial score (nSPS) is 11.4. The zero-order valence-electron chi connectivity index (χ0n) is 10.0. The van der Waals surface area contributed by atoms with E-state index in [9.17, 15) is 8.42 Å². The maximum Gasteiger partial charge on any atom is 0.232 e. The van der Waals surface area contributed by atoms with Crippen molar-refractivity contribution in [2.75, 3.05) is 16.4 Å². The molecule has 0 aliphatic rings. The van der Waals surface area contributed by atoms with Crippen molar-refractivity contribution in [2.45, 2.75) is 6.42 Å². The molecule has 8 heteroatoms. The Kier molecular flexibility index (Phi) is 4.39. The van der Waals surface area contributed by atoms with Gasteiger partial charge < -0.3 is 0 Å². The predicted molar refractivity (Wildman–Crippen MR) is 74.1 cm³/mol. The topological polar surface area (TPSA) is 76.9 Å². The second-order valence-corrected chi connectivity index (χ2v) is 6.10. The van der Waals surface area contributed by atoms with Gasteiger partial charge in [-0.15, -0.1) is 21.8 Å². The van der Waals surface area contributed by atoms with Crippen molar-refractivity contribution in [3.63, 3.8) is 0 Å². The van der Waals surface area contributed by atoms with Crippen LogP contribution in [0.4, 0.5) is 5.69 Å². The third-order valence-corrected chi connectivity index (χ3v) is 4.02. The fourth-order valence-electron chi connectivity index (χ4n) is 1.54. The molecule has 1 N–H and O–H groups in total. The lowest BCUT2D eigenvalue weighted by atomic mass is 10.3. The summed E-state index contributed by atoms with van der Waals surface area (Å²) in [7, 11) is -3.36. The molecule has 0 atom stereocenters. The summed E-state index contributed by atoms with van der Waals surface area (Å²) in [6.07, 6.45) is 3.50. The molecule has 0 aliphatic carbocycles. The summed E-state index contributed by atoms with van der Waals surface area (Å²) in [5, 5.41) is 7.41. The van der Waals surface area contributed by atoms with Crippen LogP contribution >= 0.6 is 11.6 Å². The second-order valence-electron chi connectivity index (χ2n) is 3.88. The fraction of sp³-hybridized carbons (Fsp3) is 0.273. The zero-order valence-corrected chi connectivity index (χ0v) is 11.6. The van der Waals surface area contributed by atoms with E-state index in [1.165, 1.54) is 0 Å². The Bertz CT molecular complexity index is 628. The molecule has 2 aromatic rings. The van der Waals surface area contributed by atoms with Crippen molar-refractivity contribution >= 4 is 27.3 Å². The summed E-state index contributed by atoms with van der Waals surface area (Å²) in [6.45, 7) is 0. The highest BCUT2D eigenvalue weighted by atomic mass is 35.5. The molecule has 0 unspecified atom stereocenters. The van der Waals surface area contributed by atoms with Gasteiger partial charge in [0.15, 0.2) is 0 Å². The van der Waals surface area contributed by atoms with E-state index in [0.29, 0.717) is 18.0 Å². The number of hydrogen-bond donors (Lipinski definition) is 1. The number of rotatable bonds is 6. The summed E-state index contributed by atoms with van der Waals surface area (Å²) in [5.74, 6) is 0.328. The Morgan fingerprint density at radius 1 is 1.26 bits per heavy atom. The van der Waals surface area contributed by atoms with Crippen LogP contribution < -0.4 is 4.72 Å². The van der Waals surface area contributed by atoms with Gasteiger partial charge in [-0.1, -0.05) is 6.07 Å². The molecule has 6 nitrogen and oxygen atoms in total. The number of alkyl halides is 1. The Morgan fingerprint density at radius 3 is 2.68 bits per heavy atom. The van der Waals surface area contributed by atoms with Crippen LogP contribution in [0, 0.1) is 0 Å². The molecule has 0 saturated carbocycles. The third-order valence-electron chi connectivity index (χ3n) is 2.38. The Labute approximate surface area is 116 Å². The first-order valence-corrected chi connectivity index (χ1v) is 7.81. The van der Waals surface area contributed by atoms with Crippen LogP contribution in [0.1, 0.15) is 6.42 Å². The van der Waals surface area contributed by atoms with Gasteiger partial charge in [-0.05, 0) is 24.6 Å². The van der Waals surface area contributed by atoms with Crippen molar-refractivity contribution in [1.29, 1.82) is 0 Å². The van der Waals surface area contributed by atoms with Gasteiger partial charge in [-0.3, -0.25) is 9.29 Å². The Morgan fingerprint density at radius 2 is 2.00 bits per heavy atom.